The zero-order chi connectivity index (χ0) is 33.5. The van der Waals surface area contributed by atoms with Crippen LogP contribution in [0.25, 0.3) is 55.3 Å². The molecule has 2 heteroatoms. The van der Waals surface area contributed by atoms with E-state index in [1.54, 1.807) is 0 Å². The molecule has 51 heavy (non-hydrogen) atoms. The monoisotopic (exact) mass is 649 g/mol. The Morgan fingerprint density at radius 2 is 0.843 bits per heavy atom. The van der Waals surface area contributed by atoms with Gasteiger partial charge >= 0.3 is 0 Å². The summed E-state index contributed by atoms with van der Waals surface area (Å²) in [6, 6.07) is 68.5. The third kappa shape index (κ3) is 3.93. The molecule has 11 rings (SSSR count). The van der Waals surface area contributed by atoms with Gasteiger partial charge < -0.3 is 9.32 Å². The number of hydrogen-bond donors (Lipinski definition) is 0. The number of rotatable bonds is 4. The Balaban J connectivity index is 1.08. The molecule has 0 saturated heterocycles. The van der Waals surface area contributed by atoms with Crippen LogP contribution in [-0.4, -0.2) is 0 Å². The van der Waals surface area contributed by atoms with E-state index in [-0.39, 0.29) is 0 Å². The standard InChI is InChI=1S/C49H31NO/c1-2-12-34(13-3-1)50(35-25-22-32(23-26-35)33-24-29-48-42(30-33)41-17-7-11-21-47(41)51-48)36-27-28-40-39-16-6-10-20-45(39)49(46(40)31-36)43-18-8-4-14-37(43)38-15-5-9-19-44(38)49/h1-31H. The van der Waals surface area contributed by atoms with Crippen LogP contribution in [0.5, 0.6) is 0 Å². The molecule has 1 aromatic heterocycles. The summed E-state index contributed by atoms with van der Waals surface area (Å²) in [7, 11) is 0. The van der Waals surface area contributed by atoms with Gasteiger partial charge in [0.05, 0.1) is 5.41 Å². The summed E-state index contributed by atoms with van der Waals surface area (Å²) in [5, 5.41) is 2.28. The predicted molar refractivity (Wildman–Crippen MR) is 210 cm³/mol. The summed E-state index contributed by atoms with van der Waals surface area (Å²) in [6.07, 6.45) is 0. The lowest BCUT2D eigenvalue weighted by Crippen LogP contribution is -2.26. The molecule has 0 atom stereocenters. The lowest BCUT2D eigenvalue weighted by molar-refractivity contribution is 0.669. The van der Waals surface area contributed by atoms with Gasteiger partial charge in [-0.2, -0.15) is 0 Å². The quantitative estimate of drug-likeness (QED) is 0.189. The number of benzene rings is 8. The van der Waals surface area contributed by atoms with Gasteiger partial charge in [0.2, 0.25) is 0 Å². The maximum atomic E-state index is 6.11. The van der Waals surface area contributed by atoms with Gasteiger partial charge in [-0.05, 0) is 110 Å². The first-order chi connectivity index (χ1) is 25.3. The minimum atomic E-state index is -0.392. The van der Waals surface area contributed by atoms with Gasteiger partial charge in [0, 0.05) is 27.8 Å². The normalized spacial score (nSPS) is 13.3. The Morgan fingerprint density at radius 3 is 1.53 bits per heavy atom. The first kappa shape index (κ1) is 28.2. The fraction of sp³-hybridized carbons (Fsp3) is 0.0204. The highest BCUT2D eigenvalue weighted by molar-refractivity contribution is 6.06. The van der Waals surface area contributed by atoms with E-state index in [4.69, 9.17) is 4.42 Å². The molecular formula is C49H31NO. The highest BCUT2D eigenvalue weighted by atomic mass is 16.3. The minimum absolute atomic E-state index is 0.392. The van der Waals surface area contributed by atoms with Gasteiger partial charge in [-0.25, -0.2) is 0 Å². The molecule has 0 unspecified atom stereocenters. The molecule has 0 radical (unpaired) electrons. The van der Waals surface area contributed by atoms with E-state index < -0.39 is 5.41 Å². The van der Waals surface area contributed by atoms with Crippen LogP contribution in [0.2, 0.25) is 0 Å². The lowest BCUT2D eigenvalue weighted by Gasteiger charge is -2.32. The fourth-order valence-corrected chi connectivity index (χ4v) is 8.95. The van der Waals surface area contributed by atoms with Crippen molar-refractivity contribution >= 4 is 39.0 Å². The van der Waals surface area contributed by atoms with Crippen molar-refractivity contribution in [2.45, 2.75) is 5.41 Å². The summed E-state index contributed by atoms with van der Waals surface area (Å²) in [4.78, 5) is 2.39. The van der Waals surface area contributed by atoms with Gasteiger partial charge in [-0.1, -0.05) is 133 Å². The second kappa shape index (κ2) is 10.7. The van der Waals surface area contributed by atoms with Crippen LogP contribution in [0, 0.1) is 0 Å². The number of para-hydroxylation sites is 2. The van der Waals surface area contributed by atoms with Crippen molar-refractivity contribution < 1.29 is 4.42 Å². The van der Waals surface area contributed by atoms with E-state index in [1.165, 1.54) is 55.6 Å². The Kier molecular flexibility index (Phi) is 5.91. The van der Waals surface area contributed by atoms with E-state index in [1.807, 2.05) is 12.1 Å². The summed E-state index contributed by atoms with van der Waals surface area (Å²) < 4.78 is 6.11. The smallest absolute Gasteiger partial charge is 0.135 e. The molecule has 8 aromatic carbocycles. The third-order valence-corrected chi connectivity index (χ3v) is 11.1. The van der Waals surface area contributed by atoms with Crippen LogP contribution in [0.15, 0.2) is 192 Å². The molecule has 0 bridgehead atoms. The highest BCUT2D eigenvalue weighted by Crippen LogP contribution is 2.63. The average Bonchev–Trinajstić information content (AvgIpc) is 3.82. The van der Waals surface area contributed by atoms with E-state index >= 15 is 0 Å². The zero-order valence-electron chi connectivity index (χ0n) is 27.8. The van der Waals surface area contributed by atoms with Crippen molar-refractivity contribution in [3.8, 4) is 33.4 Å². The van der Waals surface area contributed by atoms with Crippen molar-refractivity contribution in [2.24, 2.45) is 0 Å². The van der Waals surface area contributed by atoms with Gasteiger partial charge in [-0.3, -0.25) is 0 Å². The van der Waals surface area contributed by atoms with Crippen molar-refractivity contribution in [1.82, 2.24) is 0 Å². The van der Waals surface area contributed by atoms with Gasteiger partial charge in [-0.15, -0.1) is 0 Å². The lowest BCUT2D eigenvalue weighted by atomic mass is 9.70. The second-order valence-corrected chi connectivity index (χ2v) is 13.6. The zero-order valence-corrected chi connectivity index (χ0v) is 27.8. The topological polar surface area (TPSA) is 16.4 Å². The molecule has 0 fully saturated rings. The molecular weight excluding hydrogens is 619 g/mol. The van der Waals surface area contributed by atoms with Crippen molar-refractivity contribution in [3.05, 3.63) is 210 Å². The van der Waals surface area contributed by atoms with Gasteiger partial charge in [0.25, 0.3) is 0 Å². The van der Waals surface area contributed by atoms with Crippen LogP contribution >= 0.6 is 0 Å². The van der Waals surface area contributed by atoms with Crippen LogP contribution < -0.4 is 4.90 Å². The Labute approximate surface area is 296 Å². The molecule has 2 nitrogen and oxygen atoms in total. The highest BCUT2D eigenvalue weighted by Gasteiger charge is 2.51. The number of hydrogen-bond acceptors (Lipinski definition) is 2. The van der Waals surface area contributed by atoms with Gasteiger partial charge in [0.15, 0.2) is 0 Å². The SMILES string of the molecule is c1ccc(N(c2ccc(-c3ccc4oc5ccccc5c4c3)cc2)c2ccc3c(c2)C2(c4ccccc4-c4ccccc42)c2ccccc2-3)cc1. The fourth-order valence-electron chi connectivity index (χ4n) is 8.95. The molecule has 9 aromatic rings. The molecule has 0 amide bonds. The molecule has 1 heterocycles. The summed E-state index contributed by atoms with van der Waals surface area (Å²) >= 11 is 0. The third-order valence-electron chi connectivity index (χ3n) is 11.1. The number of anilines is 3. The predicted octanol–water partition coefficient (Wildman–Crippen LogP) is 13.1. The van der Waals surface area contributed by atoms with Crippen molar-refractivity contribution in [1.29, 1.82) is 0 Å². The van der Waals surface area contributed by atoms with E-state index in [9.17, 15) is 0 Å². The number of furan rings is 1. The Bertz CT molecular complexity index is 2750. The van der Waals surface area contributed by atoms with Crippen LogP contribution in [-0.2, 0) is 5.41 Å². The first-order valence-electron chi connectivity index (χ1n) is 17.6. The van der Waals surface area contributed by atoms with Crippen LogP contribution in [0.3, 0.4) is 0 Å². The van der Waals surface area contributed by atoms with Gasteiger partial charge in [0.1, 0.15) is 11.2 Å². The number of fused-ring (bicyclic) bond motifs is 13. The Morgan fingerprint density at radius 1 is 0.333 bits per heavy atom. The molecule has 2 aliphatic rings. The summed E-state index contributed by atoms with van der Waals surface area (Å²) in [5.74, 6) is 0. The largest absolute Gasteiger partial charge is 0.456 e. The molecule has 0 N–H and O–H groups in total. The van der Waals surface area contributed by atoms with Crippen LogP contribution in [0.4, 0.5) is 17.1 Å². The molecule has 1 spiro atoms. The Hall–Kier alpha value is -6.64. The summed E-state index contributed by atoms with van der Waals surface area (Å²) in [6.45, 7) is 0. The maximum Gasteiger partial charge on any atom is 0.135 e. The molecule has 0 aliphatic heterocycles. The minimum Gasteiger partial charge on any atom is -0.456 e. The first-order valence-corrected chi connectivity index (χ1v) is 17.6. The van der Waals surface area contributed by atoms with E-state index in [2.05, 4.69) is 181 Å². The number of nitrogens with zero attached hydrogens (tertiary/aromatic N) is 1. The van der Waals surface area contributed by atoms with E-state index in [0.29, 0.717) is 0 Å². The maximum absolute atomic E-state index is 6.11. The summed E-state index contributed by atoms with van der Waals surface area (Å²) in [5.41, 5.74) is 17.8. The molecule has 238 valence electrons. The molecule has 2 aliphatic carbocycles. The average molecular weight is 650 g/mol. The van der Waals surface area contributed by atoms with Crippen molar-refractivity contribution in [2.75, 3.05) is 4.90 Å². The van der Waals surface area contributed by atoms with Crippen molar-refractivity contribution in [3.63, 3.8) is 0 Å². The second-order valence-electron chi connectivity index (χ2n) is 13.6. The van der Waals surface area contributed by atoms with E-state index in [0.717, 1.165) is 39.0 Å². The van der Waals surface area contributed by atoms with Crippen LogP contribution in [0.1, 0.15) is 22.3 Å². The molecule has 0 saturated carbocycles.